The Morgan fingerprint density at radius 1 is 1.17 bits per heavy atom. The number of hydrogen-bond donors (Lipinski definition) is 2. The second kappa shape index (κ2) is 4.66. The van der Waals surface area contributed by atoms with Crippen LogP contribution in [0.3, 0.4) is 0 Å². The van der Waals surface area contributed by atoms with E-state index in [1.807, 2.05) is 0 Å². The number of aromatic nitrogens is 1. The van der Waals surface area contributed by atoms with E-state index in [1.54, 1.807) is 0 Å². The molecule has 0 amide bonds. The van der Waals surface area contributed by atoms with Gasteiger partial charge in [0.15, 0.2) is 0 Å². The lowest BCUT2D eigenvalue weighted by Gasteiger charge is -2.14. The Hall–Kier alpha value is -2.08. The van der Waals surface area contributed by atoms with Crippen molar-refractivity contribution in [3.8, 4) is 0 Å². The third-order valence-corrected chi connectivity index (χ3v) is 2.48. The Kier molecular flexibility index (Phi) is 3.20. The molecule has 0 spiro atoms. The average molecular weight is 254 g/mol. The van der Waals surface area contributed by atoms with E-state index >= 15 is 0 Å². The number of hydrogen-bond acceptors (Lipinski definition) is 3. The number of benzene rings is 1. The van der Waals surface area contributed by atoms with Crippen molar-refractivity contribution in [1.29, 1.82) is 0 Å². The number of nitrogens with zero attached hydrogens (tertiary/aromatic N) is 1. The molecule has 18 heavy (non-hydrogen) atoms. The molecule has 3 nitrogen and oxygen atoms in total. The fraction of sp³-hybridized carbons (Fsp3) is 0.0833. The minimum absolute atomic E-state index is 0.0480. The van der Waals surface area contributed by atoms with Crippen LogP contribution in [0.5, 0.6) is 0 Å². The van der Waals surface area contributed by atoms with Crippen LogP contribution in [-0.2, 0) is 0 Å². The van der Waals surface area contributed by atoms with E-state index in [0.29, 0.717) is 12.1 Å². The minimum atomic E-state index is -1.64. The van der Waals surface area contributed by atoms with Crippen molar-refractivity contribution < 1.29 is 18.3 Å². The molecular weight excluding hydrogens is 245 g/mol. The fourth-order valence-electron chi connectivity index (χ4n) is 1.63. The predicted octanol–water partition coefficient (Wildman–Crippen LogP) is 2.16. The van der Waals surface area contributed by atoms with Gasteiger partial charge in [0.05, 0.1) is 5.56 Å². The summed E-state index contributed by atoms with van der Waals surface area (Å²) in [5, 5.41) is 9.90. The summed E-state index contributed by atoms with van der Waals surface area (Å²) in [6, 6.07) is 3.84. The normalized spacial score (nSPS) is 12.4. The number of anilines is 1. The molecule has 1 unspecified atom stereocenters. The lowest BCUT2D eigenvalue weighted by molar-refractivity contribution is 0.209. The standard InChI is InChI=1S/C12H9F3N2O/c13-6-4-8(14)10(9(15)5-6)11(18)7-2-1-3-17-12(7)16/h1-5,11,18H,(H2,16,17). The smallest absolute Gasteiger partial charge is 0.135 e. The Morgan fingerprint density at radius 3 is 2.33 bits per heavy atom. The average Bonchev–Trinajstić information content (AvgIpc) is 2.27. The molecule has 2 aromatic rings. The van der Waals surface area contributed by atoms with Crippen LogP contribution >= 0.6 is 0 Å². The molecule has 1 heterocycles. The molecule has 1 aromatic heterocycles. The Morgan fingerprint density at radius 2 is 1.78 bits per heavy atom. The molecule has 0 radical (unpaired) electrons. The summed E-state index contributed by atoms with van der Waals surface area (Å²) in [6.45, 7) is 0. The first-order valence-corrected chi connectivity index (χ1v) is 5.03. The van der Waals surface area contributed by atoms with E-state index in [9.17, 15) is 18.3 Å². The van der Waals surface area contributed by atoms with Crippen LogP contribution in [-0.4, -0.2) is 10.1 Å². The Bertz CT molecular complexity index is 566. The van der Waals surface area contributed by atoms with E-state index in [-0.39, 0.29) is 11.4 Å². The van der Waals surface area contributed by atoms with Crippen molar-refractivity contribution >= 4 is 5.82 Å². The second-order valence-corrected chi connectivity index (χ2v) is 3.66. The van der Waals surface area contributed by atoms with Crippen molar-refractivity contribution in [1.82, 2.24) is 4.98 Å². The minimum Gasteiger partial charge on any atom is -0.383 e. The van der Waals surface area contributed by atoms with Gasteiger partial charge in [-0.2, -0.15) is 0 Å². The highest BCUT2D eigenvalue weighted by Gasteiger charge is 2.22. The van der Waals surface area contributed by atoms with Crippen molar-refractivity contribution in [2.24, 2.45) is 0 Å². The molecule has 2 rings (SSSR count). The quantitative estimate of drug-likeness (QED) is 0.863. The van der Waals surface area contributed by atoms with Crippen molar-refractivity contribution in [2.75, 3.05) is 5.73 Å². The van der Waals surface area contributed by atoms with Gasteiger partial charge in [0.1, 0.15) is 29.4 Å². The zero-order valence-electron chi connectivity index (χ0n) is 9.07. The van der Waals surface area contributed by atoms with Gasteiger partial charge in [-0.25, -0.2) is 18.2 Å². The number of rotatable bonds is 2. The van der Waals surface area contributed by atoms with Gasteiger partial charge in [0, 0.05) is 23.9 Å². The SMILES string of the molecule is Nc1ncccc1C(O)c1c(F)cc(F)cc1F. The van der Waals surface area contributed by atoms with Gasteiger partial charge in [-0.05, 0) is 6.07 Å². The van der Waals surface area contributed by atoms with Crippen LogP contribution in [0.1, 0.15) is 17.2 Å². The molecule has 0 saturated heterocycles. The first-order chi connectivity index (χ1) is 8.50. The summed E-state index contributed by atoms with van der Waals surface area (Å²) in [6.07, 6.45) is -0.262. The molecule has 94 valence electrons. The molecule has 0 saturated carbocycles. The van der Waals surface area contributed by atoms with Crippen molar-refractivity contribution in [3.05, 3.63) is 59.0 Å². The second-order valence-electron chi connectivity index (χ2n) is 3.66. The number of pyridine rings is 1. The molecule has 0 aliphatic heterocycles. The number of nitrogens with two attached hydrogens (primary N) is 1. The van der Waals surface area contributed by atoms with E-state index in [4.69, 9.17) is 5.73 Å². The molecule has 0 aliphatic carbocycles. The number of nitrogen functional groups attached to an aromatic ring is 1. The van der Waals surface area contributed by atoms with Gasteiger partial charge < -0.3 is 10.8 Å². The molecular formula is C12H9F3N2O. The summed E-state index contributed by atoms with van der Waals surface area (Å²) in [5.41, 5.74) is 4.90. The van der Waals surface area contributed by atoms with Crippen LogP contribution < -0.4 is 5.73 Å². The van der Waals surface area contributed by atoms with Crippen LogP contribution in [0, 0.1) is 17.5 Å². The maximum Gasteiger partial charge on any atom is 0.135 e. The molecule has 1 aromatic carbocycles. The van der Waals surface area contributed by atoms with Crippen LogP contribution in [0.25, 0.3) is 0 Å². The van der Waals surface area contributed by atoms with E-state index < -0.39 is 29.1 Å². The van der Waals surface area contributed by atoms with Crippen molar-refractivity contribution in [3.63, 3.8) is 0 Å². The maximum absolute atomic E-state index is 13.5. The highest BCUT2D eigenvalue weighted by atomic mass is 19.1. The highest BCUT2D eigenvalue weighted by molar-refractivity contribution is 5.44. The maximum atomic E-state index is 13.5. The fourth-order valence-corrected chi connectivity index (χ4v) is 1.63. The van der Waals surface area contributed by atoms with Gasteiger partial charge in [0.2, 0.25) is 0 Å². The summed E-state index contributed by atoms with van der Waals surface area (Å²) in [7, 11) is 0. The molecule has 0 bridgehead atoms. The lowest BCUT2D eigenvalue weighted by atomic mass is 10.0. The largest absolute Gasteiger partial charge is 0.383 e. The zero-order valence-corrected chi connectivity index (χ0v) is 9.07. The van der Waals surface area contributed by atoms with E-state index in [1.165, 1.54) is 18.3 Å². The van der Waals surface area contributed by atoms with Gasteiger partial charge in [0.25, 0.3) is 0 Å². The van der Waals surface area contributed by atoms with Crippen LogP contribution in [0.4, 0.5) is 19.0 Å². The predicted molar refractivity (Wildman–Crippen MR) is 59.0 cm³/mol. The third kappa shape index (κ3) is 2.14. The van der Waals surface area contributed by atoms with Gasteiger partial charge >= 0.3 is 0 Å². The number of aliphatic hydroxyl groups excluding tert-OH is 1. The molecule has 0 aliphatic rings. The third-order valence-electron chi connectivity index (χ3n) is 2.48. The highest BCUT2D eigenvalue weighted by Crippen LogP contribution is 2.29. The van der Waals surface area contributed by atoms with Crippen LogP contribution in [0.2, 0.25) is 0 Å². The summed E-state index contributed by atoms with van der Waals surface area (Å²) in [4.78, 5) is 3.70. The van der Waals surface area contributed by atoms with Gasteiger partial charge in [-0.15, -0.1) is 0 Å². The van der Waals surface area contributed by atoms with Gasteiger partial charge in [-0.1, -0.05) is 6.07 Å². The van der Waals surface area contributed by atoms with Crippen molar-refractivity contribution in [2.45, 2.75) is 6.10 Å². The summed E-state index contributed by atoms with van der Waals surface area (Å²) < 4.78 is 39.7. The molecule has 3 N–H and O–H groups in total. The van der Waals surface area contributed by atoms with E-state index in [2.05, 4.69) is 4.98 Å². The number of halogens is 3. The topological polar surface area (TPSA) is 59.1 Å². The van der Waals surface area contributed by atoms with Gasteiger partial charge in [-0.3, -0.25) is 0 Å². The number of aliphatic hydroxyl groups is 1. The first-order valence-electron chi connectivity index (χ1n) is 5.03. The Balaban J connectivity index is 2.53. The molecule has 6 heteroatoms. The lowest BCUT2D eigenvalue weighted by Crippen LogP contribution is -2.09. The molecule has 0 fully saturated rings. The van der Waals surface area contributed by atoms with E-state index in [0.717, 1.165) is 0 Å². The van der Waals surface area contributed by atoms with Crippen LogP contribution in [0.15, 0.2) is 30.5 Å². The Labute approximate surface area is 101 Å². The monoisotopic (exact) mass is 254 g/mol. The zero-order chi connectivity index (χ0) is 13.3. The molecule has 1 atom stereocenters. The summed E-state index contributed by atoms with van der Waals surface area (Å²) in [5.74, 6) is -3.46. The summed E-state index contributed by atoms with van der Waals surface area (Å²) >= 11 is 0. The first kappa shape index (κ1) is 12.4.